The van der Waals surface area contributed by atoms with Gasteiger partial charge < -0.3 is 15.1 Å². The highest BCUT2D eigenvalue weighted by Gasteiger charge is 2.76. The molecule has 30 heavy (non-hydrogen) atoms. The Hall–Kier alpha value is -2.57. The third-order valence-electron chi connectivity index (χ3n) is 7.01. The van der Waals surface area contributed by atoms with E-state index in [0.717, 1.165) is 10.6 Å². The van der Waals surface area contributed by atoms with Gasteiger partial charge in [-0.1, -0.05) is 59.7 Å². The Kier molecular flexibility index (Phi) is 4.96. The van der Waals surface area contributed by atoms with Crippen molar-refractivity contribution in [2.24, 2.45) is 16.2 Å². The van der Waals surface area contributed by atoms with Gasteiger partial charge in [-0.15, -0.1) is 0 Å². The lowest BCUT2D eigenvalue weighted by molar-refractivity contribution is -0.149. The monoisotopic (exact) mass is 416 g/mol. The number of carbonyl (C=O) groups is 3. The Morgan fingerprint density at radius 3 is 1.97 bits per heavy atom. The summed E-state index contributed by atoms with van der Waals surface area (Å²) < 4.78 is 0. The van der Waals surface area contributed by atoms with Gasteiger partial charge in [0.15, 0.2) is 0 Å². The van der Waals surface area contributed by atoms with E-state index in [9.17, 15) is 24.6 Å². The second-order valence-corrected chi connectivity index (χ2v) is 10.7. The van der Waals surface area contributed by atoms with E-state index in [2.05, 4.69) is 0 Å². The lowest BCUT2D eigenvalue weighted by Crippen LogP contribution is -2.71. The third-order valence-corrected chi connectivity index (χ3v) is 7.01. The van der Waals surface area contributed by atoms with E-state index in [1.54, 1.807) is 4.90 Å². The predicted octanol–water partition coefficient (Wildman–Crippen LogP) is 4.08. The molecule has 2 unspecified atom stereocenters. The number of rotatable bonds is 2. The smallest absolute Gasteiger partial charge is 0.408 e. The van der Waals surface area contributed by atoms with E-state index in [0.29, 0.717) is 0 Å². The van der Waals surface area contributed by atoms with Crippen LogP contribution in [0, 0.1) is 16.2 Å². The van der Waals surface area contributed by atoms with Crippen molar-refractivity contribution in [3.8, 4) is 0 Å². The van der Waals surface area contributed by atoms with E-state index in [4.69, 9.17) is 0 Å². The van der Waals surface area contributed by atoms with Crippen molar-refractivity contribution in [2.45, 2.75) is 66.0 Å². The molecule has 0 bridgehead atoms. The quantitative estimate of drug-likeness (QED) is 0.757. The van der Waals surface area contributed by atoms with Crippen LogP contribution in [-0.2, 0) is 9.59 Å². The Morgan fingerprint density at radius 2 is 1.53 bits per heavy atom. The first-order valence-electron chi connectivity index (χ1n) is 10.3. The third kappa shape index (κ3) is 2.81. The Morgan fingerprint density at radius 1 is 1.00 bits per heavy atom. The molecule has 7 nitrogen and oxygen atoms in total. The zero-order valence-corrected chi connectivity index (χ0v) is 18.6. The summed E-state index contributed by atoms with van der Waals surface area (Å²) in [5, 5.41) is 20.2. The van der Waals surface area contributed by atoms with Crippen molar-refractivity contribution >= 4 is 23.7 Å². The molecule has 0 saturated carbocycles. The number of aliphatic carboxylic acids is 1. The molecule has 1 spiro atoms. The van der Waals surface area contributed by atoms with Crippen LogP contribution in [0.2, 0.25) is 0 Å². The molecule has 2 aliphatic rings. The molecule has 2 aliphatic heterocycles. The first-order valence-corrected chi connectivity index (χ1v) is 10.3. The summed E-state index contributed by atoms with van der Waals surface area (Å²) in [6.07, 6.45) is -1.03. The molecule has 3 rings (SSSR count). The molecule has 2 atom stereocenters. The second kappa shape index (κ2) is 6.72. The van der Waals surface area contributed by atoms with Gasteiger partial charge in [0, 0.05) is 24.1 Å². The number of carboxylic acids is 1. The van der Waals surface area contributed by atoms with Gasteiger partial charge in [-0.3, -0.25) is 9.69 Å². The molecular weight excluding hydrogens is 384 g/mol. The van der Waals surface area contributed by atoms with Crippen molar-refractivity contribution in [1.29, 1.82) is 0 Å². The molecule has 0 radical (unpaired) electrons. The van der Waals surface area contributed by atoms with E-state index in [1.807, 2.05) is 71.9 Å². The number of para-hydroxylation sites is 1. The lowest BCUT2D eigenvalue weighted by Gasteiger charge is -2.62. The summed E-state index contributed by atoms with van der Waals surface area (Å²) in [5.74, 6) is -1.27. The van der Waals surface area contributed by atoms with Gasteiger partial charge in [-0.25, -0.2) is 9.59 Å². The Labute approximate surface area is 177 Å². The van der Waals surface area contributed by atoms with Crippen molar-refractivity contribution in [3.63, 3.8) is 0 Å². The van der Waals surface area contributed by atoms with Gasteiger partial charge in [-0.2, -0.15) is 0 Å². The van der Waals surface area contributed by atoms with Gasteiger partial charge in [0.1, 0.15) is 6.04 Å². The normalized spacial score (nSPS) is 26.5. The number of nitrogens with zero attached hydrogens (tertiary/aromatic N) is 2. The first-order chi connectivity index (χ1) is 13.7. The molecule has 164 valence electrons. The van der Waals surface area contributed by atoms with Gasteiger partial charge in [0.2, 0.25) is 5.91 Å². The summed E-state index contributed by atoms with van der Waals surface area (Å²) >= 11 is 0. The molecule has 2 saturated heterocycles. The van der Waals surface area contributed by atoms with Crippen LogP contribution in [0.15, 0.2) is 30.3 Å². The van der Waals surface area contributed by atoms with Crippen LogP contribution in [0.3, 0.4) is 0 Å². The fourth-order valence-corrected chi connectivity index (χ4v) is 7.07. The van der Waals surface area contributed by atoms with E-state index in [-0.39, 0.29) is 25.3 Å². The molecule has 7 heteroatoms. The molecule has 1 aromatic carbocycles. The number of likely N-dealkylation sites (tertiary alicyclic amines) is 1. The summed E-state index contributed by atoms with van der Waals surface area (Å²) in [7, 11) is 0. The molecule has 0 aliphatic carbocycles. The maximum atomic E-state index is 13.2. The SMILES string of the molecule is CC(C)(C)C1(C(C)(C)C)N(C(=O)O)C(C(=O)O)CC12CC(=O)N(c1ccccc1)C2. The highest BCUT2D eigenvalue weighted by atomic mass is 16.4. The molecule has 2 N–H and O–H groups in total. The molecule has 2 heterocycles. The number of anilines is 1. The molecule has 0 aromatic heterocycles. The Balaban J connectivity index is 2.30. The van der Waals surface area contributed by atoms with Crippen LogP contribution < -0.4 is 4.90 Å². The van der Waals surface area contributed by atoms with Crippen LogP contribution in [-0.4, -0.2) is 51.2 Å². The molecule has 2 amide bonds. The maximum Gasteiger partial charge on any atom is 0.408 e. The first kappa shape index (κ1) is 22.1. The Bertz CT molecular complexity index is 854. The number of hydrogen-bond acceptors (Lipinski definition) is 3. The van der Waals surface area contributed by atoms with Crippen molar-refractivity contribution < 1.29 is 24.6 Å². The molecule has 1 aromatic rings. The predicted molar refractivity (Wildman–Crippen MR) is 113 cm³/mol. The van der Waals surface area contributed by atoms with Crippen LogP contribution in [0.25, 0.3) is 0 Å². The number of carbonyl (C=O) groups excluding carboxylic acids is 1. The minimum Gasteiger partial charge on any atom is -0.480 e. The summed E-state index contributed by atoms with van der Waals surface area (Å²) in [6, 6.07) is 8.08. The van der Waals surface area contributed by atoms with Crippen LogP contribution in [0.1, 0.15) is 54.4 Å². The molecular formula is C23H32N2O5. The lowest BCUT2D eigenvalue weighted by atomic mass is 9.48. The number of hydrogen-bond donors (Lipinski definition) is 2. The summed E-state index contributed by atoms with van der Waals surface area (Å²) in [5.41, 5.74) is -2.42. The highest BCUT2D eigenvalue weighted by Crippen LogP contribution is 2.67. The summed E-state index contributed by atoms with van der Waals surface area (Å²) in [4.78, 5) is 40.9. The van der Waals surface area contributed by atoms with Gasteiger partial charge >= 0.3 is 12.1 Å². The zero-order valence-electron chi connectivity index (χ0n) is 18.6. The highest BCUT2D eigenvalue weighted by molar-refractivity contribution is 5.97. The fourth-order valence-electron chi connectivity index (χ4n) is 7.07. The van der Waals surface area contributed by atoms with Crippen LogP contribution in [0.4, 0.5) is 10.5 Å². The number of benzene rings is 1. The van der Waals surface area contributed by atoms with Crippen molar-refractivity contribution in [3.05, 3.63) is 30.3 Å². The van der Waals surface area contributed by atoms with Crippen LogP contribution in [0.5, 0.6) is 0 Å². The zero-order chi connectivity index (χ0) is 22.7. The topological polar surface area (TPSA) is 98.1 Å². The van der Waals surface area contributed by atoms with E-state index < -0.39 is 39.9 Å². The average Bonchev–Trinajstić information content (AvgIpc) is 3.10. The van der Waals surface area contributed by atoms with E-state index in [1.165, 1.54) is 0 Å². The molecule has 2 fully saturated rings. The number of carboxylic acid groups (broad SMARTS) is 2. The van der Waals surface area contributed by atoms with Gasteiger partial charge in [0.05, 0.1) is 5.54 Å². The van der Waals surface area contributed by atoms with Crippen molar-refractivity contribution in [2.75, 3.05) is 11.4 Å². The maximum absolute atomic E-state index is 13.2. The van der Waals surface area contributed by atoms with Gasteiger partial charge in [0.25, 0.3) is 0 Å². The standard InChI is InChI=1S/C23H32N2O5/c1-20(2,3)23(21(4,5)6)22(12-16(18(27)28)25(23)19(29)30)13-17(26)24(14-22)15-10-8-7-9-11-15/h7-11,16H,12-14H2,1-6H3,(H,27,28)(H,29,30). The average molecular weight is 417 g/mol. The minimum atomic E-state index is -1.25. The van der Waals surface area contributed by atoms with Crippen molar-refractivity contribution in [1.82, 2.24) is 4.90 Å². The fraction of sp³-hybridized carbons (Fsp3) is 0.609. The largest absolute Gasteiger partial charge is 0.480 e. The second-order valence-electron chi connectivity index (χ2n) is 10.7. The minimum absolute atomic E-state index is 0.101. The summed E-state index contributed by atoms with van der Waals surface area (Å²) in [6.45, 7) is 12.0. The van der Waals surface area contributed by atoms with E-state index >= 15 is 0 Å². The number of amides is 2. The van der Waals surface area contributed by atoms with Gasteiger partial charge in [-0.05, 0) is 29.4 Å². The van der Waals surface area contributed by atoms with Crippen LogP contribution >= 0.6 is 0 Å².